The van der Waals surface area contributed by atoms with Crippen molar-refractivity contribution in [3.8, 4) is 0 Å². The van der Waals surface area contributed by atoms with Crippen molar-refractivity contribution in [2.45, 2.75) is 373 Å². The summed E-state index contributed by atoms with van der Waals surface area (Å²) in [6.45, 7) is 2.34. The Bertz CT molecular complexity index is 2820. The summed E-state index contributed by atoms with van der Waals surface area (Å²) in [6.07, 6.45) is 115. The quantitative estimate of drug-likeness (QED) is 0.0146. The SMILES string of the molecule is CC/C=C\C/C=C\C/C=C\C/C=C\C/C=C\C/C=C\CCCCCCCCCCCCCCCCC(=O)OCC(O)COP(=O)(O)OCC(O)COP(=O)(O)OCC(COC(=O)CCCCCCCCCCCCCC/C=C\C/C=C\C/C=C\C/C=C\C/C=C\C/C=C\CC)OC(=O)CCCCCCC/C=C\C/C=C\C/C=C\CC. The Balaban J connectivity index is 4.48. The summed E-state index contributed by atoms with van der Waals surface area (Å²) in [5.41, 5.74) is 0. The second-order valence-corrected chi connectivity index (χ2v) is 32.5. The van der Waals surface area contributed by atoms with Crippen LogP contribution in [0.15, 0.2) is 182 Å². The minimum absolute atomic E-state index is 0.0807. The number of allylic oxidation sites excluding steroid dienone is 30. The molecule has 0 heterocycles. The van der Waals surface area contributed by atoms with E-state index in [-0.39, 0.29) is 19.3 Å². The van der Waals surface area contributed by atoms with Gasteiger partial charge in [-0.15, -0.1) is 0 Å². The van der Waals surface area contributed by atoms with Crippen molar-refractivity contribution in [2.75, 3.05) is 39.6 Å². The van der Waals surface area contributed by atoms with E-state index in [9.17, 15) is 43.5 Å². The number of hydrogen-bond acceptors (Lipinski definition) is 14. The number of rotatable bonds is 84. The Kier molecular flexibility index (Phi) is 83.9. The van der Waals surface area contributed by atoms with E-state index in [1.807, 2.05) is 0 Å². The Morgan fingerprint density at radius 2 is 0.435 bits per heavy atom. The molecule has 0 saturated carbocycles. The molecule has 0 saturated heterocycles. The van der Waals surface area contributed by atoms with Gasteiger partial charge in [0.15, 0.2) is 6.10 Å². The fourth-order valence-electron chi connectivity index (χ4n) is 11.9. The highest BCUT2D eigenvalue weighted by molar-refractivity contribution is 7.47. The van der Waals surface area contributed by atoms with E-state index < -0.39 is 91.5 Å². The highest BCUT2D eigenvalue weighted by atomic mass is 31.2. The van der Waals surface area contributed by atoms with Crippen LogP contribution >= 0.6 is 15.6 Å². The van der Waals surface area contributed by atoms with Gasteiger partial charge in [-0.05, 0) is 154 Å². The van der Waals surface area contributed by atoms with E-state index in [1.165, 1.54) is 109 Å². The predicted molar refractivity (Wildman–Crippen MR) is 481 cm³/mol. The Morgan fingerprint density at radius 1 is 0.243 bits per heavy atom. The number of carbonyl (C=O) groups excluding carboxylic acids is 3. The highest BCUT2D eigenvalue weighted by Gasteiger charge is 2.29. The normalized spacial score (nSPS) is 14.7. The van der Waals surface area contributed by atoms with E-state index in [0.29, 0.717) is 19.3 Å². The number of hydrogen-bond donors (Lipinski definition) is 4. The third kappa shape index (κ3) is 89.3. The van der Waals surface area contributed by atoms with Gasteiger partial charge in [-0.2, -0.15) is 0 Å². The van der Waals surface area contributed by atoms with Crippen molar-refractivity contribution in [2.24, 2.45) is 0 Å². The van der Waals surface area contributed by atoms with Gasteiger partial charge in [-0.1, -0.05) is 364 Å². The molecule has 0 spiro atoms. The van der Waals surface area contributed by atoms with E-state index in [2.05, 4.69) is 203 Å². The minimum Gasteiger partial charge on any atom is -0.463 e. The van der Waals surface area contributed by atoms with Crippen LogP contribution in [0, 0.1) is 0 Å². The van der Waals surface area contributed by atoms with Gasteiger partial charge < -0.3 is 34.2 Å². The molecular weight excluding hydrogens is 1480 g/mol. The molecule has 0 amide bonds. The maximum Gasteiger partial charge on any atom is 0.472 e. The molecule has 115 heavy (non-hydrogen) atoms. The number of phosphoric acid groups is 2. The van der Waals surface area contributed by atoms with E-state index >= 15 is 0 Å². The van der Waals surface area contributed by atoms with Crippen LogP contribution in [-0.4, -0.2) is 95.9 Å². The molecule has 0 aliphatic heterocycles. The molecule has 0 aromatic rings. The summed E-state index contributed by atoms with van der Waals surface area (Å²) in [6, 6.07) is 0. The lowest BCUT2D eigenvalue weighted by molar-refractivity contribution is -0.161. The molecule has 16 nitrogen and oxygen atoms in total. The second kappa shape index (κ2) is 87.9. The van der Waals surface area contributed by atoms with Crippen LogP contribution in [-0.2, 0) is 55.8 Å². The summed E-state index contributed by atoms with van der Waals surface area (Å²) >= 11 is 0. The van der Waals surface area contributed by atoms with Gasteiger partial charge in [-0.25, -0.2) is 9.13 Å². The largest absolute Gasteiger partial charge is 0.472 e. The van der Waals surface area contributed by atoms with Crippen molar-refractivity contribution in [1.82, 2.24) is 0 Å². The van der Waals surface area contributed by atoms with E-state index in [0.717, 1.165) is 186 Å². The second-order valence-electron chi connectivity index (χ2n) is 29.6. The maximum atomic E-state index is 13.0. The smallest absolute Gasteiger partial charge is 0.463 e. The van der Waals surface area contributed by atoms with Crippen LogP contribution < -0.4 is 0 Å². The lowest BCUT2D eigenvalue weighted by Crippen LogP contribution is -2.30. The first-order valence-corrected chi connectivity index (χ1v) is 48.1. The molecule has 0 bridgehead atoms. The summed E-state index contributed by atoms with van der Waals surface area (Å²) in [4.78, 5) is 58.9. The van der Waals surface area contributed by atoms with Gasteiger partial charge in [0, 0.05) is 19.3 Å². The van der Waals surface area contributed by atoms with Gasteiger partial charge >= 0.3 is 33.6 Å². The minimum atomic E-state index is -4.95. The number of unbranched alkanes of at least 4 members (excludes halogenated alkanes) is 31. The zero-order valence-electron chi connectivity index (χ0n) is 72.1. The molecular formula is C97H162O16P2. The Morgan fingerprint density at radius 3 is 0.687 bits per heavy atom. The Hall–Kier alpha value is -5.35. The average Bonchev–Trinajstić information content (AvgIpc) is 0.898. The molecule has 4 N–H and O–H groups in total. The zero-order valence-corrected chi connectivity index (χ0v) is 73.9. The number of carbonyl (C=O) groups is 3. The van der Waals surface area contributed by atoms with Gasteiger partial charge in [0.2, 0.25) is 0 Å². The fourth-order valence-corrected chi connectivity index (χ4v) is 13.5. The number of phosphoric ester groups is 2. The summed E-state index contributed by atoms with van der Waals surface area (Å²) in [5.74, 6) is -1.60. The lowest BCUT2D eigenvalue weighted by atomic mass is 10.0. The van der Waals surface area contributed by atoms with E-state index in [1.54, 1.807) is 0 Å². The molecule has 656 valence electrons. The maximum absolute atomic E-state index is 13.0. The standard InChI is InChI=1S/C97H162O16P2/c1-4-7-10-13-16-19-22-25-28-30-32-34-36-38-40-42-44-45-47-49-50-52-54-56-58-60-63-65-68-71-74-77-80-83-95(100)107-86-92(98)87-109-114(103,104)110-88-93(99)89-111-115(105,106)112-91-94(113-97(102)85-82-79-76-73-70-67-62-27-24-21-18-15-12-9-6-3)90-108-96(101)84-81-78-75-72-69-66-64-61-59-57-55-53-51-48-46-43-41-39-37-35-33-31-29-26-23-20-17-14-11-8-5-2/h7-12,16-21,25-29,32-35,38-41,44-46,48,62,92-94,98-99H,4-6,13-15,22-24,30-31,36-37,42-43,47,49-61,63-91H2,1-3H3,(H,103,104)(H,105,106)/b10-7-,11-8-,12-9-,19-16-,20-17-,21-18-,28-25-,29-26-,34-32-,35-33-,40-38-,41-39-,45-44-,48-46-,62-27-. The Labute approximate surface area is 700 Å². The molecule has 5 unspecified atom stereocenters. The van der Waals surface area contributed by atoms with Crippen molar-refractivity contribution in [3.05, 3.63) is 182 Å². The van der Waals surface area contributed by atoms with Gasteiger partial charge in [-0.3, -0.25) is 32.5 Å². The molecule has 0 fully saturated rings. The molecule has 0 aliphatic carbocycles. The van der Waals surface area contributed by atoms with Crippen molar-refractivity contribution < 1.29 is 75.8 Å². The molecule has 0 aromatic heterocycles. The molecule has 0 aliphatic rings. The van der Waals surface area contributed by atoms with Crippen molar-refractivity contribution in [3.63, 3.8) is 0 Å². The molecule has 5 atom stereocenters. The summed E-state index contributed by atoms with van der Waals surface area (Å²) < 4.78 is 61.4. The number of aliphatic hydroxyl groups is 2. The van der Waals surface area contributed by atoms with E-state index in [4.69, 9.17) is 32.3 Å². The molecule has 0 rings (SSSR count). The summed E-state index contributed by atoms with van der Waals surface area (Å²) in [5, 5.41) is 20.7. The van der Waals surface area contributed by atoms with Crippen LogP contribution in [0.3, 0.4) is 0 Å². The van der Waals surface area contributed by atoms with Crippen LogP contribution in [0.2, 0.25) is 0 Å². The third-order valence-corrected chi connectivity index (χ3v) is 20.5. The predicted octanol–water partition coefficient (Wildman–Crippen LogP) is 27.7. The average molecular weight is 1650 g/mol. The number of ether oxygens (including phenoxy) is 3. The monoisotopic (exact) mass is 1650 g/mol. The van der Waals surface area contributed by atoms with Crippen molar-refractivity contribution >= 4 is 33.6 Å². The molecule has 0 aromatic carbocycles. The molecule has 18 heteroatoms. The topological polar surface area (TPSA) is 231 Å². The number of aliphatic hydroxyl groups excluding tert-OH is 2. The zero-order chi connectivity index (χ0) is 83.6. The first kappa shape index (κ1) is 110. The van der Waals surface area contributed by atoms with Crippen LogP contribution in [0.4, 0.5) is 0 Å². The van der Waals surface area contributed by atoms with Gasteiger partial charge in [0.1, 0.15) is 25.4 Å². The number of esters is 3. The third-order valence-electron chi connectivity index (χ3n) is 18.6. The first-order valence-electron chi connectivity index (χ1n) is 45.1. The van der Waals surface area contributed by atoms with Gasteiger partial charge in [0.25, 0.3) is 0 Å². The van der Waals surface area contributed by atoms with Crippen LogP contribution in [0.1, 0.15) is 355 Å². The van der Waals surface area contributed by atoms with Crippen LogP contribution in [0.25, 0.3) is 0 Å². The highest BCUT2D eigenvalue weighted by Crippen LogP contribution is 2.45. The first-order chi connectivity index (χ1) is 56.2. The van der Waals surface area contributed by atoms with Crippen molar-refractivity contribution in [1.29, 1.82) is 0 Å². The summed E-state index contributed by atoms with van der Waals surface area (Å²) in [7, 11) is -9.81. The van der Waals surface area contributed by atoms with Gasteiger partial charge in [0.05, 0.1) is 26.4 Å². The fraction of sp³-hybridized carbons (Fsp3) is 0.660. The lowest BCUT2D eigenvalue weighted by Gasteiger charge is -2.21. The molecule has 0 radical (unpaired) electrons. The van der Waals surface area contributed by atoms with Crippen LogP contribution in [0.5, 0.6) is 0 Å².